The summed E-state index contributed by atoms with van der Waals surface area (Å²) in [4.78, 5) is 3.66. The molecule has 3 rings (SSSR count). The van der Waals surface area contributed by atoms with E-state index < -0.39 is 0 Å². The molecule has 0 aromatic heterocycles. The lowest BCUT2D eigenvalue weighted by molar-refractivity contribution is -0.914. The highest BCUT2D eigenvalue weighted by molar-refractivity contribution is 9.10. The smallest absolute Gasteiger partial charge is 0.146 e. The van der Waals surface area contributed by atoms with Gasteiger partial charge < -0.3 is 14.5 Å². The van der Waals surface area contributed by atoms with E-state index in [-0.39, 0.29) is 5.82 Å². The van der Waals surface area contributed by atoms with Gasteiger partial charge in [0.15, 0.2) is 0 Å². The average Bonchev–Trinajstić information content (AvgIpc) is 2.56. The molecule has 1 aliphatic heterocycles. The summed E-state index contributed by atoms with van der Waals surface area (Å²) in [5.74, 6) is 0.725. The van der Waals surface area contributed by atoms with Gasteiger partial charge in [-0.1, -0.05) is 12.1 Å². The van der Waals surface area contributed by atoms with Gasteiger partial charge in [-0.25, -0.2) is 4.39 Å². The van der Waals surface area contributed by atoms with Crippen LogP contribution >= 0.6 is 15.9 Å². The van der Waals surface area contributed by atoms with E-state index in [0.29, 0.717) is 0 Å². The Hall–Kier alpha value is -1.59. The van der Waals surface area contributed by atoms with E-state index >= 15 is 0 Å². The fourth-order valence-electron chi connectivity index (χ4n) is 3.06. The zero-order valence-electron chi connectivity index (χ0n) is 13.2. The molecule has 0 amide bonds. The van der Waals surface area contributed by atoms with Crippen LogP contribution in [0.5, 0.6) is 5.75 Å². The van der Waals surface area contributed by atoms with E-state index in [9.17, 15) is 4.39 Å². The Morgan fingerprint density at radius 3 is 2.57 bits per heavy atom. The third-order valence-corrected chi connectivity index (χ3v) is 4.95. The molecule has 1 saturated heterocycles. The second kappa shape index (κ2) is 7.32. The second-order valence-corrected chi connectivity index (χ2v) is 6.69. The lowest BCUT2D eigenvalue weighted by atomic mass is 10.2. The number of para-hydroxylation sites is 1. The summed E-state index contributed by atoms with van der Waals surface area (Å²) >= 11 is 3.54. The highest BCUT2D eigenvalue weighted by Gasteiger charge is 2.22. The Balaban J connectivity index is 1.59. The molecular formula is C18H21BrFN2O+. The molecule has 0 bridgehead atoms. The van der Waals surface area contributed by atoms with Crippen molar-refractivity contribution >= 4 is 21.6 Å². The van der Waals surface area contributed by atoms with Crippen molar-refractivity contribution in [3.63, 3.8) is 0 Å². The minimum Gasteiger partial charge on any atom is -0.496 e. The molecule has 0 aliphatic carbocycles. The van der Waals surface area contributed by atoms with Crippen LogP contribution in [0.4, 0.5) is 10.1 Å². The van der Waals surface area contributed by atoms with Gasteiger partial charge in [0.25, 0.3) is 0 Å². The maximum Gasteiger partial charge on any atom is 0.146 e. The molecule has 1 heterocycles. The largest absolute Gasteiger partial charge is 0.496 e. The van der Waals surface area contributed by atoms with Crippen molar-refractivity contribution in [2.45, 2.75) is 6.54 Å². The maximum absolute atomic E-state index is 13.9. The Bertz CT molecular complexity index is 672. The van der Waals surface area contributed by atoms with E-state index in [1.807, 2.05) is 18.2 Å². The Kier molecular flexibility index (Phi) is 5.18. The third-order valence-electron chi connectivity index (χ3n) is 4.33. The van der Waals surface area contributed by atoms with Crippen molar-refractivity contribution in [1.29, 1.82) is 0 Å². The van der Waals surface area contributed by atoms with Gasteiger partial charge in [0.05, 0.1) is 43.4 Å². The van der Waals surface area contributed by atoms with E-state index in [4.69, 9.17) is 4.74 Å². The third kappa shape index (κ3) is 3.85. The SMILES string of the molecule is COc1ccc(C[NH+]2CCN(c3ccccc3F)CC2)cc1Br. The summed E-state index contributed by atoms with van der Waals surface area (Å²) in [6, 6.07) is 13.3. The van der Waals surface area contributed by atoms with Crippen molar-refractivity contribution < 1.29 is 14.0 Å². The van der Waals surface area contributed by atoms with Gasteiger partial charge in [0.1, 0.15) is 18.1 Å². The number of anilines is 1. The van der Waals surface area contributed by atoms with E-state index in [0.717, 1.165) is 48.6 Å². The number of piperazine rings is 1. The summed E-state index contributed by atoms with van der Waals surface area (Å²) in [7, 11) is 1.67. The van der Waals surface area contributed by atoms with Crippen molar-refractivity contribution in [3.8, 4) is 5.75 Å². The zero-order valence-corrected chi connectivity index (χ0v) is 14.8. The van der Waals surface area contributed by atoms with Crippen LogP contribution in [0.2, 0.25) is 0 Å². The van der Waals surface area contributed by atoms with E-state index in [1.54, 1.807) is 13.2 Å². The highest BCUT2D eigenvalue weighted by Crippen LogP contribution is 2.25. The number of benzene rings is 2. The second-order valence-electron chi connectivity index (χ2n) is 5.83. The molecule has 0 spiro atoms. The number of nitrogens with one attached hydrogen (secondary N) is 1. The predicted molar refractivity (Wildman–Crippen MR) is 93.7 cm³/mol. The first kappa shape index (κ1) is 16.3. The van der Waals surface area contributed by atoms with Crippen LogP contribution in [-0.2, 0) is 6.54 Å². The zero-order chi connectivity index (χ0) is 16.2. The van der Waals surface area contributed by atoms with Gasteiger partial charge in [0, 0.05) is 5.56 Å². The van der Waals surface area contributed by atoms with Crippen LogP contribution < -0.4 is 14.5 Å². The lowest BCUT2D eigenvalue weighted by Crippen LogP contribution is -3.13. The van der Waals surface area contributed by atoms with Gasteiger partial charge in [0.2, 0.25) is 0 Å². The first-order valence-corrected chi connectivity index (χ1v) is 8.62. The van der Waals surface area contributed by atoms with Gasteiger partial charge in [-0.05, 0) is 46.3 Å². The number of nitrogens with zero attached hydrogens (tertiary/aromatic N) is 1. The molecule has 0 unspecified atom stereocenters. The fourth-order valence-corrected chi connectivity index (χ4v) is 3.65. The molecule has 2 aromatic rings. The average molecular weight is 380 g/mol. The number of methoxy groups -OCH3 is 1. The monoisotopic (exact) mass is 379 g/mol. The van der Waals surface area contributed by atoms with Crippen molar-refractivity contribution in [2.75, 3.05) is 38.2 Å². The molecule has 0 atom stereocenters. The van der Waals surface area contributed by atoms with Crippen LogP contribution in [0, 0.1) is 5.82 Å². The maximum atomic E-state index is 13.9. The number of quaternary nitrogens is 1. The molecule has 1 fully saturated rings. The van der Waals surface area contributed by atoms with E-state index in [2.05, 4.69) is 33.0 Å². The van der Waals surface area contributed by atoms with Crippen LogP contribution in [0.3, 0.4) is 0 Å². The first-order valence-electron chi connectivity index (χ1n) is 7.83. The van der Waals surface area contributed by atoms with Gasteiger partial charge in [-0.3, -0.25) is 0 Å². The summed E-state index contributed by atoms with van der Waals surface area (Å²) in [6.45, 7) is 4.77. The van der Waals surface area contributed by atoms with Gasteiger partial charge in [-0.15, -0.1) is 0 Å². The minimum atomic E-state index is -0.130. The summed E-state index contributed by atoms with van der Waals surface area (Å²) in [6.07, 6.45) is 0. The van der Waals surface area contributed by atoms with Gasteiger partial charge in [-0.2, -0.15) is 0 Å². The number of rotatable bonds is 4. The van der Waals surface area contributed by atoms with Crippen molar-refractivity contribution in [1.82, 2.24) is 0 Å². The van der Waals surface area contributed by atoms with Crippen LogP contribution in [0.1, 0.15) is 5.56 Å². The lowest BCUT2D eigenvalue weighted by Gasteiger charge is -2.33. The Morgan fingerprint density at radius 1 is 1.17 bits per heavy atom. The summed E-state index contributed by atoms with van der Waals surface area (Å²) in [5, 5.41) is 0. The molecule has 0 radical (unpaired) electrons. The van der Waals surface area contributed by atoms with Crippen molar-refractivity contribution in [2.24, 2.45) is 0 Å². The molecular weight excluding hydrogens is 359 g/mol. The molecule has 5 heteroatoms. The number of ether oxygens (including phenoxy) is 1. The van der Waals surface area contributed by atoms with Crippen LogP contribution in [0.25, 0.3) is 0 Å². The fraction of sp³-hybridized carbons (Fsp3) is 0.333. The number of hydrogen-bond donors (Lipinski definition) is 1. The molecule has 1 aliphatic rings. The Labute approximate surface area is 144 Å². The number of halogens is 2. The topological polar surface area (TPSA) is 16.9 Å². The standard InChI is InChI=1S/C18H20BrFN2O/c1-23-18-7-6-14(12-15(18)19)13-21-8-10-22(11-9-21)17-5-3-2-4-16(17)20/h2-7,12H,8-11,13H2,1H3/p+1. The molecule has 122 valence electrons. The summed E-state index contributed by atoms with van der Waals surface area (Å²) in [5.41, 5.74) is 2.01. The normalized spacial score (nSPS) is 15.7. The molecule has 1 N–H and O–H groups in total. The van der Waals surface area contributed by atoms with Crippen LogP contribution in [0.15, 0.2) is 46.9 Å². The minimum absolute atomic E-state index is 0.130. The highest BCUT2D eigenvalue weighted by atomic mass is 79.9. The predicted octanol–water partition coefficient (Wildman–Crippen LogP) is 2.50. The molecule has 0 saturated carbocycles. The molecule has 2 aromatic carbocycles. The quantitative estimate of drug-likeness (QED) is 0.878. The molecule has 3 nitrogen and oxygen atoms in total. The molecule has 23 heavy (non-hydrogen) atoms. The first-order chi connectivity index (χ1) is 11.2. The number of hydrogen-bond acceptors (Lipinski definition) is 2. The Morgan fingerprint density at radius 2 is 1.91 bits per heavy atom. The van der Waals surface area contributed by atoms with Crippen LogP contribution in [-0.4, -0.2) is 33.3 Å². The summed E-state index contributed by atoms with van der Waals surface area (Å²) < 4.78 is 20.1. The van der Waals surface area contributed by atoms with E-state index in [1.165, 1.54) is 16.5 Å². The van der Waals surface area contributed by atoms with Gasteiger partial charge >= 0.3 is 0 Å². The van der Waals surface area contributed by atoms with Crippen molar-refractivity contribution in [3.05, 3.63) is 58.3 Å².